The molecule has 0 aliphatic rings. The normalized spacial score (nSPS) is 10.5. The van der Waals surface area contributed by atoms with Crippen molar-refractivity contribution in [2.24, 2.45) is 0 Å². The lowest BCUT2D eigenvalue weighted by molar-refractivity contribution is -0.384. The van der Waals surface area contributed by atoms with Crippen LogP contribution in [0.1, 0.15) is 23.7 Å². The minimum Gasteiger partial charge on any atom is -0.322 e. The number of carbonyl (C=O) groups excluding carboxylic acids is 2. The number of rotatable bonds is 5. The number of hydrogen-bond donors (Lipinski definition) is 2. The average molecular weight is 370 g/mol. The van der Waals surface area contributed by atoms with Gasteiger partial charge in [-0.2, -0.15) is 0 Å². The molecule has 3 rings (SSSR count). The van der Waals surface area contributed by atoms with Crippen molar-refractivity contribution in [3.8, 4) is 0 Å². The van der Waals surface area contributed by atoms with E-state index in [1.807, 2.05) is 0 Å². The Bertz CT molecular complexity index is 1010. The molecule has 2 N–H and O–H groups in total. The summed E-state index contributed by atoms with van der Waals surface area (Å²) in [5.41, 5.74) is 1.28. The van der Waals surface area contributed by atoms with Crippen molar-refractivity contribution in [3.05, 3.63) is 58.1 Å². The molecule has 0 fully saturated rings. The second kappa shape index (κ2) is 7.28. The van der Waals surface area contributed by atoms with Crippen LogP contribution in [0.4, 0.5) is 16.5 Å². The molecule has 132 valence electrons. The van der Waals surface area contributed by atoms with Gasteiger partial charge >= 0.3 is 0 Å². The Morgan fingerprint density at radius 2 is 2.00 bits per heavy atom. The predicted octanol–water partition coefficient (Wildman–Crippen LogP) is 3.81. The molecule has 0 saturated carbocycles. The zero-order chi connectivity index (χ0) is 18.7. The summed E-state index contributed by atoms with van der Waals surface area (Å²) in [7, 11) is 0. The summed E-state index contributed by atoms with van der Waals surface area (Å²) in [4.78, 5) is 38.3. The number of non-ortho nitro benzene ring substituents is 1. The molecule has 1 aromatic heterocycles. The van der Waals surface area contributed by atoms with E-state index >= 15 is 0 Å². The fraction of sp³-hybridized carbons (Fsp3) is 0.118. The van der Waals surface area contributed by atoms with Crippen LogP contribution < -0.4 is 10.6 Å². The van der Waals surface area contributed by atoms with Crippen molar-refractivity contribution in [2.45, 2.75) is 13.3 Å². The highest BCUT2D eigenvalue weighted by Gasteiger charge is 2.13. The van der Waals surface area contributed by atoms with Gasteiger partial charge in [-0.3, -0.25) is 19.7 Å². The number of carbonyl (C=O) groups is 2. The molecular formula is C17H14N4O4S. The summed E-state index contributed by atoms with van der Waals surface area (Å²) in [5.74, 6) is -0.569. The highest BCUT2D eigenvalue weighted by molar-refractivity contribution is 7.22. The highest BCUT2D eigenvalue weighted by atomic mass is 32.1. The molecule has 2 amide bonds. The minimum atomic E-state index is -0.549. The van der Waals surface area contributed by atoms with Crippen molar-refractivity contribution in [1.29, 1.82) is 0 Å². The van der Waals surface area contributed by atoms with Crippen LogP contribution in [0.2, 0.25) is 0 Å². The number of anilines is 2. The first-order valence-electron chi connectivity index (χ1n) is 7.72. The number of nitro benzene ring substituents is 1. The third-order valence-electron chi connectivity index (χ3n) is 3.53. The number of fused-ring (bicyclic) bond motifs is 1. The molecule has 26 heavy (non-hydrogen) atoms. The largest absolute Gasteiger partial charge is 0.322 e. The Hall–Kier alpha value is -3.33. The Morgan fingerprint density at radius 3 is 2.73 bits per heavy atom. The van der Waals surface area contributed by atoms with Crippen LogP contribution >= 0.6 is 11.3 Å². The van der Waals surface area contributed by atoms with Crippen molar-refractivity contribution >= 4 is 49.9 Å². The molecule has 1 heterocycles. The van der Waals surface area contributed by atoms with E-state index in [-0.39, 0.29) is 17.2 Å². The smallest absolute Gasteiger partial charge is 0.270 e. The van der Waals surface area contributed by atoms with Crippen molar-refractivity contribution < 1.29 is 14.5 Å². The number of amides is 2. The number of nitrogens with one attached hydrogen (secondary N) is 2. The number of nitro groups is 1. The van der Waals surface area contributed by atoms with Crippen LogP contribution in [0, 0.1) is 10.1 Å². The first-order chi connectivity index (χ1) is 12.5. The van der Waals surface area contributed by atoms with E-state index in [2.05, 4.69) is 15.6 Å². The lowest BCUT2D eigenvalue weighted by Gasteiger charge is -2.05. The number of hydrogen-bond acceptors (Lipinski definition) is 6. The first-order valence-corrected chi connectivity index (χ1v) is 8.54. The maximum atomic E-state index is 12.3. The second-order valence-electron chi connectivity index (χ2n) is 5.36. The van der Waals surface area contributed by atoms with Gasteiger partial charge in [0.15, 0.2) is 5.13 Å². The maximum absolute atomic E-state index is 12.3. The van der Waals surface area contributed by atoms with E-state index in [9.17, 15) is 19.7 Å². The summed E-state index contributed by atoms with van der Waals surface area (Å²) in [6, 6.07) is 10.7. The Labute approximate surface area is 152 Å². The molecule has 0 saturated heterocycles. The van der Waals surface area contributed by atoms with Crippen LogP contribution in [-0.4, -0.2) is 21.7 Å². The lowest BCUT2D eigenvalue weighted by Crippen LogP contribution is -2.11. The van der Waals surface area contributed by atoms with E-state index in [1.165, 1.54) is 35.6 Å². The molecule has 0 spiro atoms. The maximum Gasteiger partial charge on any atom is 0.270 e. The molecule has 0 atom stereocenters. The zero-order valence-corrected chi connectivity index (χ0v) is 14.5. The van der Waals surface area contributed by atoms with Crippen LogP contribution in [0.5, 0.6) is 0 Å². The van der Waals surface area contributed by atoms with Crippen molar-refractivity contribution in [1.82, 2.24) is 4.98 Å². The highest BCUT2D eigenvalue weighted by Crippen LogP contribution is 2.28. The molecule has 2 aromatic carbocycles. The van der Waals surface area contributed by atoms with E-state index < -0.39 is 10.8 Å². The van der Waals surface area contributed by atoms with Gasteiger partial charge in [-0.25, -0.2) is 4.98 Å². The van der Waals surface area contributed by atoms with E-state index in [0.29, 0.717) is 22.8 Å². The monoisotopic (exact) mass is 370 g/mol. The predicted molar refractivity (Wildman–Crippen MR) is 99.6 cm³/mol. The van der Waals surface area contributed by atoms with Gasteiger partial charge in [0, 0.05) is 29.8 Å². The summed E-state index contributed by atoms with van der Waals surface area (Å²) in [6.45, 7) is 1.75. The summed E-state index contributed by atoms with van der Waals surface area (Å²) < 4.78 is 0.799. The second-order valence-corrected chi connectivity index (χ2v) is 6.40. The van der Waals surface area contributed by atoms with Crippen LogP contribution in [0.3, 0.4) is 0 Å². The molecule has 9 heteroatoms. The third-order valence-corrected chi connectivity index (χ3v) is 4.47. The number of benzene rings is 2. The number of aromatic nitrogens is 1. The lowest BCUT2D eigenvalue weighted by atomic mass is 10.2. The third kappa shape index (κ3) is 3.83. The van der Waals surface area contributed by atoms with E-state index in [4.69, 9.17) is 0 Å². The summed E-state index contributed by atoms with van der Waals surface area (Å²) in [5, 5.41) is 16.7. The Kier molecular flexibility index (Phi) is 4.90. The zero-order valence-electron chi connectivity index (χ0n) is 13.7. The molecule has 0 unspecified atom stereocenters. The van der Waals surface area contributed by atoms with Gasteiger partial charge in [-0.05, 0) is 24.3 Å². The van der Waals surface area contributed by atoms with Gasteiger partial charge in [0.25, 0.3) is 11.6 Å². The average Bonchev–Trinajstić information content (AvgIpc) is 3.03. The Balaban J connectivity index is 1.80. The van der Waals surface area contributed by atoms with Gasteiger partial charge in [0.05, 0.1) is 15.1 Å². The van der Waals surface area contributed by atoms with Crippen molar-refractivity contribution in [2.75, 3.05) is 10.6 Å². The SMILES string of the molecule is CCC(=O)Nc1nc2ccc(NC(=O)c3cccc([N+](=O)[O-])c3)cc2s1. The minimum absolute atomic E-state index is 0.122. The summed E-state index contributed by atoms with van der Waals surface area (Å²) >= 11 is 1.30. The molecule has 3 aromatic rings. The fourth-order valence-electron chi connectivity index (χ4n) is 2.23. The van der Waals surface area contributed by atoms with Crippen molar-refractivity contribution in [3.63, 3.8) is 0 Å². The van der Waals surface area contributed by atoms with Gasteiger partial charge in [-0.15, -0.1) is 0 Å². The van der Waals surface area contributed by atoms with Gasteiger partial charge in [0.1, 0.15) is 0 Å². The molecule has 0 aliphatic carbocycles. The van der Waals surface area contributed by atoms with Gasteiger partial charge < -0.3 is 10.6 Å². The number of thiazole rings is 1. The molecular weight excluding hydrogens is 356 g/mol. The van der Waals surface area contributed by atoms with Gasteiger partial charge in [0.2, 0.25) is 5.91 Å². The number of nitrogens with zero attached hydrogens (tertiary/aromatic N) is 2. The molecule has 0 radical (unpaired) electrons. The van der Waals surface area contributed by atoms with E-state index in [1.54, 1.807) is 25.1 Å². The van der Waals surface area contributed by atoms with Gasteiger partial charge in [-0.1, -0.05) is 24.3 Å². The fourth-order valence-corrected chi connectivity index (χ4v) is 3.15. The van der Waals surface area contributed by atoms with Crippen LogP contribution in [0.15, 0.2) is 42.5 Å². The molecule has 0 bridgehead atoms. The van der Waals surface area contributed by atoms with Crippen LogP contribution in [0.25, 0.3) is 10.2 Å². The van der Waals surface area contributed by atoms with E-state index in [0.717, 1.165) is 4.70 Å². The van der Waals surface area contributed by atoms with Crippen LogP contribution in [-0.2, 0) is 4.79 Å². The topological polar surface area (TPSA) is 114 Å². The standard InChI is InChI=1S/C17H14N4O4S/c1-2-15(22)20-17-19-13-7-6-11(9-14(13)26-17)18-16(23)10-4-3-5-12(8-10)21(24)25/h3-9H,2H2,1H3,(H,18,23)(H,19,20,22). The molecule has 0 aliphatic heterocycles. The Morgan fingerprint density at radius 1 is 1.19 bits per heavy atom. The first kappa shape index (κ1) is 17.5. The quantitative estimate of drug-likeness (QED) is 0.524. The summed E-state index contributed by atoms with van der Waals surface area (Å²) in [6.07, 6.45) is 0.362. The molecule has 8 nitrogen and oxygen atoms in total.